The maximum atomic E-state index is 12.2. The smallest absolute Gasteiger partial charge is 0.397 e. The number of hydrogen-bond acceptors (Lipinski definition) is 3. The van der Waals surface area contributed by atoms with Crippen LogP contribution in [0, 0.1) is 0 Å². The monoisotopic (exact) mass is 347 g/mol. The third-order valence-corrected chi connectivity index (χ3v) is 3.46. The molecule has 0 saturated heterocycles. The Balaban J connectivity index is 2.30. The van der Waals surface area contributed by atoms with E-state index >= 15 is 0 Å². The predicted molar refractivity (Wildman–Crippen MR) is 83.8 cm³/mol. The summed E-state index contributed by atoms with van der Waals surface area (Å²) < 4.78 is 5.49. The Morgan fingerprint density at radius 3 is 2.24 bits per heavy atom. The number of ether oxygens (including phenoxy) is 1. The number of anilines is 1. The second-order valence-corrected chi connectivity index (χ2v) is 5.26. The van der Waals surface area contributed by atoms with Gasteiger partial charge in [0.15, 0.2) is 0 Å². The van der Waals surface area contributed by atoms with E-state index in [9.17, 15) is 9.59 Å². The average molecular weight is 348 g/mol. The predicted octanol–water partition coefficient (Wildman–Crippen LogP) is 3.16. The molecule has 0 N–H and O–H groups in total. The Morgan fingerprint density at radius 1 is 1.05 bits per heavy atom. The maximum absolute atomic E-state index is 12.2. The van der Waals surface area contributed by atoms with E-state index in [1.807, 2.05) is 42.5 Å². The number of nitrogens with zero attached hydrogens (tertiary/aromatic N) is 1. The Labute approximate surface area is 131 Å². The summed E-state index contributed by atoms with van der Waals surface area (Å²) in [7, 11) is 1.20. The lowest BCUT2D eigenvalue weighted by Gasteiger charge is -2.21. The normalized spacial score (nSPS) is 10.0. The summed E-state index contributed by atoms with van der Waals surface area (Å²) in [5.41, 5.74) is 1.56. The SMILES string of the molecule is COC(=O)C(=O)N(Cc1ccc(Br)cc1)c1ccccc1. The molecular weight excluding hydrogens is 334 g/mol. The zero-order valence-corrected chi connectivity index (χ0v) is 13.0. The number of amides is 1. The van der Waals surface area contributed by atoms with Crippen molar-refractivity contribution in [1.29, 1.82) is 0 Å². The number of rotatable bonds is 3. The fourth-order valence-electron chi connectivity index (χ4n) is 1.86. The van der Waals surface area contributed by atoms with Gasteiger partial charge in [-0.25, -0.2) is 4.79 Å². The van der Waals surface area contributed by atoms with Crippen LogP contribution >= 0.6 is 15.9 Å². The molecule has 0 heterocycles. The number of para-hydroxylation sites is 1. The first-order valence-corrected chi connectivity index (χ1v) is 7.10. The lowest BCUT2D eigenvalue weighted by Crippen LogP contribution is -2.36. The van der Waals surface area contributed by atoms with Crippen LogP contribution in [0.2, 0.25) is 0 Å². The number of halogens is 1. The highest BCUT2D eigenvalue weighted by molar-refractivity contribution is 9.10. The molecule has 0 aliphatic heterocycles. The zero-order valence-electron chi connectivity index (χ0n) is 11.5. The molecule has 0 radical (unpaired) electrons. The molecule has 0 aliphatic carbocycles. The summed E-state index contributed by atoms with van der Waals surface area (Å²) in [4.78, 5) is 25.1. The van der Waals surface area contributed by atoms with Crippen LogP contribution in [0.3, 0.4) is 0 Å². The first-order valence-electron chi connectivity index (χ1n) is 6.31. The average Bonchev–Trinajstić information content (AvgIpc) is 2.53. The fraction of sp³-hybridized carbons (Fsp3) is 0.125. The summed E-state index contributed by atoms with van der Waals surface area (Å²) >= 11 is 3.37. The first-order chi connectivity index (χ1) is 10.1. The molecule has 0 bridgehead atoms. The van der Waals surface area contributed by atoms with Crippen LogP contribution in [0.4, 0.5) is 5.69 Å². The number of benzene rings is 2. The van der Waals surface area contributed by atoms with Crippen LogP contribution < -0.4 is 4.90 Å². The van der Waals surface area contributed by atoms with E-state index in [0.29, 0.717) is 12.2 Å². The summed E-state index contributed by atoms with van der Waals surface area (Å²) in [5, 5.41) is 0. The molecule has 0 fully saturated rings. The van der Waals surface area contributed by atoms with Crippen molar-refractivity contribution in [2.45, 2.75) is 6.54 Å². The van der Waals surface area contributed by atoms with Gasteiger partial charge in [0.05, 0.1) is 13.7 Å². The summed E-state index contributed by atoms with van der Waals surface area (Å²) in [5.74, 6) is -1.57. The number of esters is 1. The van der Waals surface area contributed by atoms with Gasteiger partial charge in [-0.1, -0.05) is 46.3 Å². The summed E-state index contributed by atoms with van der Waals surface area (Å²) in [6.45, 7) is 0.297. The van der Waals surface area contributed by atoms with E-state index < -0.39 is 11.9 Å². The van der Waals surface area contributed by atoms with Crippen LogP contribution in [0.15, 0.2) is 59.1 Å². The summed E-state index contributed by atoms with van der Waals surface area (Å²) in [6.07, 6.45) is 0. The van der Waals surface area contributed by atoms with Crippen LogP contribution in [-0.2, 0) is 20.9 Å². The molecule has 21 heavy (non-hydrogen) atoms. The van der Waals surface area contributed by atoms with E-state index in [4.69, 9.17) is 0 Å². The Hall–Kier alpha value is -2.14. The topological polar surface area (TPSA) is 46.6 Å². The third-order valence-electron chi connectivity index (χ3n) is 2.93. The van der Waals surface area contributed by atoms with Crippen LogP contribution in [0.1, 0.15) is 5.56 Å². The number of carbonyl (C=O) groups is 2. The molecular formula is C16H14BrNO3. The highest BCUT2D eigenvalue weighted by atomic mass is 79.9. The van der Waals surface area contributed by atoms with Crippen molar-refractivity contribution in [3.05, 3.63) is 64.6 Å². The molecule has 0 aliphatic rings. The minimum atomic E-state index is -0.879. The van der Waals surface area contributed by atoms with Crippen LogP contribution in [-0.4, -0.2) is 19.0 Å². The standard InChI is InChI=1S/C16H14BrNO3/c1-21-16(20)15(19)18(14-5-3-2-4-6-14)11-12-7-9-13(17)10-8-12/h2-10H,11H2,1H3. The van der Waals surface area contributed by atoms with Crippen molar-refractivity contribution < 1.29 is 14.3 Å². The fourth-order valence-corrected chi connectivity index (χ4v) is 2.12. The van der Waals surface area contributed by atoms with Crippen molar-refractivity contribution in [2.24, 2.45) is 0 Å². The summed E-state index contributed by atoms with van der Waals surface area (Å²) in [6, 6.07) is 16.6. The molecule has 2 rings (SSSR count). The van der Waals surface area contributed by atoms with E-state index in [2.05, 4.69) is 20.7 Å². The largest absolute Gasteiger partial charge is 0.462 e. The molecule has 108 valence electrons. The van der Waals surface area contributed by atoms with Gasteiger partial charge in [-0.15, -0.1) is 0 Å². The molecule has 4 nitrogen and oxygen atoms in total. The number of carbonyl (C=O) groups excluding carboxylic acids is 2. The van der Waals surface area contributed by atoms with Gasteiger partial charge < -0.3 is 4.74 Å². The third kappa shape index (κ3) is 3.92. The second-order valence-electron chi connectivity index (χ2n) is 4.34. The molecule has 5 heteroatoms. The van der Waals surface area contributed by atoms with Crippen molar-refractivity contribution in [3.8, 4) is 0 Å². The van der Waals surface area contributed by atoms with Crippen molar-refractivity contribution in [1.82, 2.24) is 0 Å². The van der Waals surface area contributed by atoms with Crippen LogP contribution in [0.5, 0.6) is 0 Å². The minimum Gasteiger partial charge on any atom is -0.462 e. The van der Waals surface area contributed by atoms with E-state index in [0.717, 1.165) is 10.0 Å². The minimum absolute atomic E-state index is 0.297. The molecule has 0 aromatic heterocycles. The van der Waals surface area contributed by atoms with Gasteiger partial charge in [0, 0.05) is 10.2 Å². The molecule has 2 aromatic carbocycles. The van der Waals surface area contributed by atoms with Gasteiger partial charge in [-0.05, 0) is 29.8 Å². The highest BCUT2D eigenvalue weighted by Gasteiger charge is 2.24. The van der Waals surface area contributed by atoms with Gasteiger partial charge in [0.2, 0.25) is 0 Å². The lowest BCUT2D eigenvalue weighted by molar-refractivity contribution is -0.151. The second kappa shape index (κ2) is 7.04. The van der Waals surface area contributed by atoms with Gasteiger partial charge >= 0.3 is 11.9 Å². The lowest BCUT2D eigenvalue weighted by atomic mass is 10.2. The highest BCUT2D eigenvalue weighted by Crippen LogP contribution is 2.19. The first kappa shape index (κ1) is 15.3. The molecule has 0 saturated carbocycles. The van der Waals surface area contributed by atoms with E-state index in [1.165, 1.54) is 12.0 Å². The maximum Gasteiger partial charge on any atom is 0.397 e. The van der Waals surface area contributed by atoms with E-state index in [1.54, 1.807) is 12.1 Å². The van der Waals surface area contributed by atoms with Crippen molar-refractivity contribution in [2.75, 3.05) is 12.0 Å². The Bertz CT molecular complexity index is 626. The Kier molecular flexibility index (Phi) is 5.11. The molecule has 0 unspecified atom stereocenters. The van der Waals surface area contributed by atoms with Gasteiger partial charge in [-0.2, -0.15) is 0 Å². The van der Waals surface area contributed by atoms with Crippen molar-refractivity contribution in [3.63, 3.8) is 0 Å². The Morgan fingerprint density at radius 2 is 1.67 bits per heavy atom. The number of methoxy groups -OCH3 is 1. The van der Waals surface area contributed by atoms with Crippen LogP contribution in [0.25, 0.3) is 0 Å². The molecule has 2 aromatic rings. The van der Waals surface area contributed by atoms with E-state index in [-0.39, 0.29) is 0 Å². The van der Waals surface area contributed by atoms with Gasteiger partial charge in [-0.3, -0.25) is 9.69 Å². The zero-order chi connectivity index (χ0) is 15.2. The quantitative estimate of drug-likeness (QED) is 0.632. The molecule has 1 amide bonds. The van der Waals surface area contributed by atoms with Gasteiger partial charge in [0.25, 0.3) is 0 Å². The van der Waals surface area contributed by atoms with Crippen molar-refractivity contribution >= 4 is 33.5 Å². The number of hydrogen-bond donors (Lipinski definition) is 0. The van der Waals surface area contributed by atoms with Gasteiger partial charge in [0.1, 0.15) is 0 Å². The molecule has 0 atom stereocenters. The molecule has 0 spiro atoms.